The Hall–Kier alpha value is -1.32. The average Bonchev–Trinajstić information content (AvgIpc) is 2.61. The molecule has 1 atom stereocenters. The highest BCUT2D eigenvalue weighted by Crippen LogP contribution is 2.15. The number of esters is 1. The molecule has 84 valence electrons. The van der Waals surface area contributed by atoms with E-state index in [2.05, 4.69) is 5.10 Å². The molecule has 0 bridgehead atoms. The first kappa shape index (κ1) is 11.8. The van der Waals surface area contributed by atoms with E-state index in [1.54, 1.807) is 4.68 Å². The predicted molar refractivity (Wildman–Crippen MR) is 57.5 cm³/mol. The molecule has 0 aliphatic carbocycles. The lowest BCUT2D eigenvalue weighted by Gasteiger charge is -2.14. The van der Waals surface area contributed by atoms with Crippen molar-refractivity contribution in [3.8, 4) is 0 Å². The molecule has 1 rings (SSSR count). The Bertz CT molecular complexity index is 320. The lowest BCUT2D eigenvalue weighted by Crippen LogP contribution is -2.22. The molecule has 1 aromatic heterocycles. The predicted octanol–water partition coefficient (Wildman–Crippen LogP) is 2.10. The van der Waals surface area contributed by atoms with Crippen LogP contribution in [-0.4, -0.2) is 22.4 Å². The lowest BCUT2D eigenvalue weighted by atomic mass is 10.2. The third-order valence-electron chi connectivity index (χ3n) is 2.18. The standard InChI is InChI=1S/C11H18N2O2/c1-4-6-10(11(14)15-5-2)13-8-7-9(3)12-13/h7-8,10H,4-6H2,1-3H3. The minimum absolute atomic E-state index is 0.192. The Morgan fingerprint density at radius 1 is 1.60 bits per heavy atom. The van der Waals surface area contributed by atoms with Gasteiger partial charge in [-0.15, -0.1) is 0 Å². The lowest BCUT2D eigenvalue weighted by molar-refractivity contribution is -0.147. The normalized spacial score (nSPS) is 12.5. The molecule has 0 aliphatic heterocycles. The van der Waals surface area contributed by atoms with E-state index in [4.69, 9.17) is 4.74 Å². The molecule has 0 spiro atoms. The van der Waals surface area contributed by atoms with Gasteiger partial charge in [-0.1, -0.05) is 13.3 Å². The molecule has 0 aliphatic rings. The zero-order valence-electron chi connectivity index (χ0n) is 9.56. The third kappa shape index (κ3) is 3.08. The molecule has 0 N–H and O–H groups in total. The number of ether oxygens (including phenoxy) is 1. The first-order valence-electron chi connectivity index (χ1n) is 5.37. The van der Waals surface area contributed by atoms with Gasteiger partial charge in [0.25, 0.3) is 0 Å². The van der Waals surface area contributed by atoms with Crippen molar-refractivity contribution < 1.29 is 9.53 Å². The second-order valence-corrected chi connectivity index (χ2v) is 3.49. The van der Waals surface area contributed by atoms with Crippen molar-refractivity contribution >= 4 is 5.97 Å². The van der Waals surface area contributed by atoms with Crippen LogP contribution in [0.1, 0.15) is 38.4 Å². The first-order chi connectivity index (χ1) is 7.19. The molecule has 4 heteroatoms. The molecule has 0 fully saturated rings. The number of rotatable bonds is 5. The number of carbonyl (C=O) groups excluding carboxylic acids is 1. The Kier molecular flexibility index (Phi) is 4.34. The summed E-state index contributed by atoms with van der Waals surface area (Å²) in [4.78, 5) is 11.7. The van der Waals surface area contributed by atoms with E-state index >= 15 is 0 Å². The molecule has 0 aromatic carbocycles. The zero-order chi connectivity index (χ0) is 11.3. The van der Waals surface area contributed by atoms with E-state index in [1.807, 2.05) is 33.0 Å². The van der Waals surface area contributed by atoms with Crippen LogP contribution in [-0.2, 0) is 9.53 Å². The van der Waals surface area contributed by atoms with Crippen molar-refractivity contribution in [1.82, 2.24) is 9.78 Å². The number of carbonyl (C=O) groups is 1. The van der Waals surface area contributed by atoms with E-state index in [0.29, 0.717) is 6.61 Å². The molecule has 15 heavy (non-hydrogen) atoms. The van der Waals surface area contributed by atoms with Crippen LogP contribution >= 0.6 is 0 Å². The third-order valence-corrected chi connectivity index (χ3v) is 2.18. The summed E-state index contributed by atoms with van der Waals surface area (Å²) in [6.45, 7) is 6.18. The van der Waals surface area contributed by atoms with E-state index in [9.17, 15) is 4.79 Å². The van der Waals surface area contributed by atoms with Crippen LogP contribution in [0.15, 0.2) is 12.3 Å². The van der Waals surface area contributed by atoms with Gasteiger partial charge in [-0.25, -0.2) is 4.79 Å². The Balaban J connectivity index is 2.77. The molecule has 4 nitrogen and oxygen atoms in total. The molecule has 1 aromatic rings. The molecule has 0 saturated heterocycles. The first-order valence-corrected chi connectivity index (χ1v) is 5.37. The molecule has 1 unspecified atom stereocenters. The molecule has 0 saturated carbocycles. The highest BCUT2D eigenvalue weighted by atomic mass is 16.5. The average molecular weight is 210 g/mol. The molecule has 0 radical (unpaired) electrons. The summed E-state index contributed by atoms with van der Waals surface area (Å²) in [6.07, 6.45) is 3.52. The van der Waals surface area contributed by atoms with E-state index in [-0.39, 0.29) is 12.0 Å². The second-order valence-electron chi connectivity index (χ2n) is 3.49. The zero-order valence-corrected chi connectivity index (χ0v) is 9.56. The van der Waals surface area contributed by atoms with Crippen LogP contribution in [0.3, 0.4) is 0 Å². The summed E-state index contributed by atoms with van der Waals surface area (Å²) < 4.78 is 6.71. The van der Waals surface area contributed by atoms with Crippen molar-refractivity contribution in [2.45, 2.75) is 39.7 Å². The monoisotopic (exact) mass is 210 g/mol. The van der Waals surface area contributed by atoms with Gasteiger partial charge >= 0.3 is 5.97 Å². The van der Waals surface area contributed by atoms with E-state index in [0.717, 1.165) is 18.5 Å². The molecule has 0 amide bonds. The Labute approximate surface area is 90.2 Å². The number of hydrogen-bond donors (Lipinski definition) is 0. The van der Waals surface area contributed by atoms with Crippen molar-refractivity contribution in [2.75, 3.05) is 6.61 Å². The van der Waals surface area contributed by atoms with Gasteiger partial charge in [-0.05, 0) is 26.3 Å². The summed E-state index contributed by atoms with van der Waals surface area (Å²) in [7, 11) is 0. The van der Waals surface area contributed by atoms with Gasteiger partial charge in [0.15, 0.2) is 0 Å². The molecular formula is C11H18N2O2. The fourth-order valence-corrected chi connectivity index (χ4v) is 1.48. The summed E-state index contributed by atoms with van der Waals surface area (Å²) in [6, 6.07) is 1.62. The minimum atomic E-state index is -0.274. The molecular weight excluding hydrogens is 192 g/mol. The highest BCUT2D eigenvalue weighted by molar-refractivity contribution is 5.74. The largest absolute Gasteiger partial charge is 0.464 e. The fraction of sp³-hybridized carbons (Fsp3) is 0.636. The quantitative estimate of drug-likeness (QED) is 0.699. The van der Waals surface area contributed by atoms with E-state index in [1.165, 1.54) is 0 Å². The van der Waals surface area contributed by atoms with Crippen LogP contribution in [0.25, 0.3) is 0 Å². The van der Waals surface area contributed by atoms with E-state index < -0.39 is 0 Å². The summed E-state index contributed by atoms with van der Waals surface area (Å²) >= 11 is 0. The van der Waals surface area contributed by atoms with Crippen molar-refractivity contribution in [3.63, 3.8) is 0 Å². The summed E-state index contributed by atoms with van der Waals surface area (Å²) in [5, 5.41) is 4.25. The second kappa shape index (κ2) is 5.53. The van der Waals surface area contributed by atoms with Gasteiger partial charge < -0.3 is 4.74 Å². The van der Waals surface area contributed by atoms with Gasteiger partial charge in [0.2, 0.25) is 0 Å². The maximum atomic E-state index is 11.7. The smallest absolute Gasteiger partial charge is 0.330 e. The highest BCUT2D eigenvalue weighted by Gasteiger charge is 2.21. The number of nitrogens with zero attached hydrogens (tertiary/aromatic N) is 2. The molecule has 1 heterocycles. The van der Waals surface area contributed by atoms with Gasteiger partial charge in [-0.2, -0.15) is 5.10 Å². The number of aromatic nitrogens is 2. The van der Waals surface area contributed by atoms with Gasteiger partial charge in [0.1, 0.15) is 6.04 Å². The maximum Gasteiger partial charge on any atom is 0.330 e. The SMILES string of the molecule is CCCC(C(=O)OCC)n1ccc(C)n1. The summed E-state index contributed by atoms with van der Waals surface area (Å²) in [5.74, 6) is -0.192. The van der Waals surface area contributed by atoms with Gasteiger partial charge in [-0.3, -0.25) is 4.68 Å². The fourth-order valence-electron chi connectivity index (χ4n) is 1.48. The van der Waals surface area contributed by atoms with Gasteiger partial charge in [0.05, 0.1) is 12.3 Å². The Morgan fingerprint density at radius 3 is 2.80 bits per heavy atom. The van der Waals surface area contributed by atoms with Crippen LogP contribution < -0.4 is 0 Å². The van der Waals surface area contributed by atoms with Gasteiger partial charge in [0, 0.05) is 6.20 Å². The van der Waals surface area contributed by atoms with Crippen molar-refractivity contribution in [3.05, 3.63) is 18.0 Å². The number of hydrogen-bond acceptors (Lipinski definition) is 3. The van der Waals surface area contributed by atoms with Crippen LogP contribution in [0.2, 0.25) is 0 Å². The van der Waals surface area contributed by atoms with Crippen molar-refractivity contribution in [1.29, 1.82) is 0 Å². The van der Waals surface area contributed by atoms with Crippen LogP contribution in [0.5, 0.6) is 0 Å². The van der Waals surface area contributed by atoms with Crippen LogP contribution in [0, 0.1) is 6.92 Å². The minimum Gasteiger partial charge on any atom is -0.464 e. The van der Waals surface area contributed by atoms with Crippen molar-refractivity contribution in [2.24, 2.45) is 0 Å². The van der Waals surface area contributed by atoms with Crippen LogP contribution in [0.4, 0.5) is 0 Å². The summed E-state index contributed by atoms with van der Waals surface area (Å²) in [5.41, 5.74) is 0.917. The number of aryl methyl sites for hydroxylation is 1. The maximum absolute atomic E-state index is 11.7. The Morgan fingerprint density at radius 2 is 2.33 bits per heavy atom. The topological polar surface area (TPSA) is 44.1 Å².